The van der Waals surface area contributed by atoms with Crippen LogP contribution in [0.5, 0.6) is 0 Å². The Morgan fingerprint density at radius 2 is 2.32 bits per heavy atom. The molecule has 0 bridgehead atoms. The minimum Gasteiger partial charge on any atom is -0.445 e. The van der Waals surface area contributed by atoms with Gasteiger partial charge in [-0.05, 0) is 18.4 Å². The molecule has 2 atom stereocenters. The second-order valence-electron chi connectivity index (χ2n) is 4.51. The third-order valence-corrected chi connectivity index (χ3v) is 3.04. The van der Waals surface area contributed by atoms with E-state index in [1.807, 2.05) is 0 Å². The molecule has 0 aliphatic carbocycles. The maximum absolute atomic E-state index is 11.9. The average molecular weight is 263 g/mol. The number of carbonyl (C=O) groups is 1. The highest BCUT2D eigenvalue weighted by atomic mass is 16.6. The number of likely N-dealkylation sites (tertiary alicyclic amines) is 1. The fraction of sp³-hybridized carbons (Fsp3) is 0.462. The molecule has 1 aliphatic heterocycles. The highest BCUT2D eigenvalue weighted by Crippen LogP contribution is 2.22. The third-order valence-electron chi connectivity index (χ3n) is 3.04. The molecule has 1 amide bonds. The SMILES string of the molecule is C=CCOC(=O)N1C[C@H](O)C[C@H]1Cc1cncnc1. The van der Waals surface area contributed by atoms with Crippen LogP contribution in [0.4, 0.5) is 4.79 Å². The normalized spacial score (nSPS) is 22.3. The van der Waals surface area contributed by atoms with Crippen LogP contribution < -0.4 is 0 Å². The topological polar surface area (TPSA) is 75.5 Å². The summed E-state index contributed by atoms with van der Waals surface area (Å²) in [5, 5.41) is 9.72. The lowest BCUT2D eigenvalue weighted by Crippen LogP contribution is -2.37. The first-order chi connectivity index (χ1) is 9.20. The van der Waals surface area contributed by atoms with Crippen molar-refractivity contribution in [2.75, 3.05) is 13.2 Å². The zero-order valence-electron chi connectivity index (χ0n) is 10.6. The van der Waals surface area contributed by atoms with E-state index < -0.39 is 12.2 Å². The highest BCUT2D eigenvalue weighted by Gasteiger charge is 2.35. The summed E-state index contributed by atoms with van der Waals surface area (Å²) < 4.78 is 5.02. The first-order valence-electron chi connectivity index (χ1n) is 6.17. The smallest absolute Gasteiger partial charge is 0.410 e. The first kappa shape index (κ1) is 13.5. The molecule has 19 heavy (non-hydrogen) atoms. The molecule has 1 aromatic heterocycles. The lowest BCUT2D eigenvalue weighted by atomic mass is 10.1. The Morgan fingerprint density at radius 1 is 1.58 bits per heavy atom. The lowest BCUT2D eigenvalue weighted by molar-refractivity contribution is 0.102. The molecule has 0 radical (unpaired) electrons. The Labute approximate surface area is 111 Å². The van der Waals surface area contributed by atoms with E-state index in [1.54, 1.807) is 17.3 Å². The molecular weight excluding hydrogens is 246 g/mol. The molecule has 6 heteroatoms. The molecule has 1 N–H and O–H groups in total. The van der Waals surface area contributed by atoms with Crippen LogP contribution in [0.15, 0.2) is 31.4 Å². The Kier molecular flexibility index (Phi) is 4.46. The van der Waals surface area contributed by atoms with Crippen LogP contribution in [-0.4, -0.2) is 51.4 Å². The number of rotatable bonds is 4. The lowest BCUT2D eigenvalue weighted by Gasteiger charge is -2.23. The molecule has 6 nitrogen and oxygen atoms in total. The van der Waals surface area contributed by atoms with E-state index in [4.69, 9.17) is 4.74 Å². The number of carbonyl (C=O) groups excluding carboxylic acids is 1. The first-order valence-corrected chi connectivity index (χ1v) is 6.17. The predicted molar refractivity (Wildman–Crippen MR) is 68.4 cm³/mol. The van der Waals surface area contributed by atoms with E-state index in [2.05, 4.69) is 16.5 Å². The number of aromatic nitrogens is 2. The molecule has 1 fully saturated rings. The van der Waals surface area contributed by atoms with Gasteiger partial charge in [-0.15, -0.1) is 0 Å². The van der Waals surface area contributed by atoms with E-state index in [-0.39, 0.29) is 12.6 Å². The number of aliphatic hydroxyl groups excluding tert-OH is 1. The number of nitrogens with zero attached hydrogens (tertiary/aromatic N) is 3. The standard InChI is InChI=1S/C13H17N3O3/c1-2-3-19-13(18)16-8-12(17)5-11(16)4-10-6-14-9-15-7-10/h2,6-7,9,11-12,17H,1,3-5,8H2/t11-,12-/m1/s1. The fourth-order valence-electron chi connectivity index (χ4n) is 2.23. The number of hydrogen-bond donors (Lipinski definition) is 1. The number of ether oxygens (including phenoxy) is 1. The summed E-state index contributed by atoms with van der Waals surface area (Å²) in [4.78, 5) is 21.3. The van der Waals surface area contributed by atoms with Gasteiger partial charge in [0.1, 0.15) is 12.9 Å². The van der Waals surface area contributed by atoms with Gasteiger partial charge in [0.05, 0.1) is 12.6 Å². The summed E-state index contributed by atoms with van der Waals surface area (Å²) in [6.07, 6.45) is 6.63. The molecule has 0 saturated carbocycles. The van der Waals surface area contributed by atoms with Gasteiger partial charge in [-0.2, -0.15) is 0 Å². The van der Waals surface area contributed by atoms with Crippen molar-refractivity contribution >= 4 is 6.09 Å². The maximum atomic E-state index is 11.9. The van der Waals surface area contributed by atoms with Crippen LogP contribution in [0.2, 0.25) is 0 Å². The van der Waals surface area contributed by atoms with Crippen molar-refractivity contribution in [2.45, 2.75) is 25.0 Å². The van der Waals surface area contributed by atoms with Crippen LogP contribution in [0.25, 0.3) is 0 Å². The Morgan fingerprint density at radius 3 is 3.00 bits per heavy atom. The summed E-state index contributed by atoms with van der Waals surface area (Å²) in [7, 11) is 0. The van der Waals surface area contributed by atoms with Crippen molar-refractivity contribution in [1.29, 1.82) is 0 Å². The monoisotopic (exact) mass is 263 g/mol. The maximum Gasteiger partial charge on any atom is 0.410 e. The molecule has 2 heterocycles. The van der Waals surface area contributed by atoms with Gasteiger partial charge in [0, 0.05) is 18.4 Å². The van der Waals surface area contributed by atoms with Crippen LogP contribution in [-0.2, 0) is 11.2 Å². The second kappa shape index (κ2) is 6.29. The van der Waals surface area contributed by atoms with Gasteiger partial charge in [0.25, 0.3) is 0 Å². The average Bonchev–Trinajstić information content (AvgIpc) is 2.78. The van der Waals surface area contributed by atoms with Gasteiger partial charge in [0.15, 0.2) is 0 Å². The molecule has 0 aromatic carbocycles. The second-order valence-corrected chi connectivity index (χ2v) is 4.51. The van der Waals surface area contributed by atoms with Crippen LogP contribution in [0.3, 0.4) is 0 Å². The minimum absolute atomic E-state index is 0.0849. The minimum atomic E-state index is -0.508. The number of aliphatic hydroxyl groups is 1. The molecule has 1 aromatic rings. The molecular formula is C13H17N3O3. The molecule has 1 saturated heterocycles. The molecule has 0 unspecified atom stereocenters. The van der Waals surface area contributed by atoms with Gasteiger partial charge < -0.3 is 14.7 Å². The van der Waals surface area contributed by atoms with E-state index >= 15 is 0 Å². The van der Waals surface area contributed by atoms with Gasteiger partial charge in [-0.3, -0.25) is 0 Å². The highest BCUT2D eigenvalue weighted by molar-refractivity contribution is 5.68. The van der Waals surface area contributed by atoms with Crippen molar-refractivity contribution < 1.29 is 14.6 Å². The summed E-state index contributed by atoms with van der Waals surface area (Å²) in [6.45, 7) is 3.97. The summed E-state index contributed by atoms with van der Waals surface area (Å²) >= 11 is 0. The molecule has 2 rings (SSSR count). The van der Waals surface area contributed by atoms with Gasteiger partial charge in [0.2, 0.25) is 0 Å². The van der Waals surface area contributed by atoms with Crippen LogP contribution >= 0.6 is 0 Å². The van der Waals surface area contributed by atoms with Crippen LogP contribution in [0.1, 0.15) is 12.0 Å². The number of β-amino-alcohol motifs (C(OH)–C–C–N with tert-alkyl or cyclic N) is 1. The van der Waals surface area contributed by atoms with Crippen molar-refractivity contribution in [2.24, 2.45) is 0 Å². The zero-order valence-corrected chi connectivity index (χ0v) is 10.6. The quantitative estimate of drug-likeness (QED) is 0.812. The van der Waals surface area contributed by atoms with E-state index in [1.165, 1.54) is 12.4 Å². The van der Waals surface area contributed by atoms with Crippen molar-refractivity contribution in [3.8, 4) is 0 Å². The summed E-state index contributed by atoms with van der Waals surface area (Å²) in [5.41, 5.74) is 0.933. The molecule has 102 valence electrons. The fourth-order valence-corrected chi connectivity index (χ4v) is 2.23. The summed E-state index contributed by atoms with van der Waals surface area (Å²) in [6, 6.07) is -0.0849. The predicted octanol–water partition coefficient (Wildman–Crippen LogP) is 0.777. The van der Waals surface area contributed by atoms with Crippen molar-refractivity contribution in [3.63, 3.8) is 0 Å². The number of hydrogen-bond acceptors (Lipinski definition) is 5. The Bertz CT molecular complexity index is 438. The summed E-state index contributed by atoms with van der Waals surface area (Å²) in [5.74, 6) is 0. The Hall–Kier alpha value is -1.95. The van der Waals surface area contributed by atoms with E-state index in [9.17, 15) is 9.90 Å². The van der Waals surface area contributed by atoms with Gasteiger partial charge in [-0.1, -0.05) is 12.7 Å². The third kappa shape index (κ3) is 3.51. The van der Waals surface area contributed by atoms with Crippen LogP contribution in [0, 0.1) is 0 Å². The van der Waals surface area contributed by atoms with Crippen molar-refractivity contribution in [3.05, 3.63) is 36.9 Å². The van der Waals surface area contributed by atoms with E-state index in [0.717, 1.165) is 5.56 Å². The Balaban J connectivity index is 2.01. The van der Waals surface area contributed by atoms with Gasteiger partial charge >= 0.3 is 6.09 Å². The molecule has 1 aliphatic rings. The van der Waals surface area contributed by atoms with E-state index in [0.29, 0.717) is 19.4 Å². The van der Waals surface area contributed by atoms with Gasteiger partial charge in [-0.25, -0.2) is 14.8 Å². The van der Waals surface area contributed by atoms with Crippen molar-refractivity contribution in [1.82, 2.24) is 14.9 Å². The number of amides is 1. The zero-order chi connectivity index (χ0) is 13.7. The molecule has 0 spiro atoms. The largest absolute Gasteiger partial charge is 0.445 e.